The molecule has 112 valence electrons. The van der Waals surface area contributed by atoms with E-state index in [9.17, 15) is 0 Å². The molecule has 1 atom stereocenters. The fourth-order valence-electron chi connectivity index (χ4n) is 3.49. The lowest BCUT2D eigenvalue weighted by Crippen LogP contribution is -2.43. The first-order valence-corrected chi connectivity index (χ1v) is 7.82. The molecule has 3 rings (SSSR count). The zero-order chi connectivity index (χ0) is 14.4. The predicted octanol–water partition coefficient (Wildman–Crippen LogP) is 2.35. The average Bonchev–Trinajstić information content (AvgIpc) is 2.79. The summed E-state index contributed by atoms with van der Waals surface area (Å²) in [4.78, 5) is 4.99. The number of rotatable bonds is 1. The second-order valence-electron chi connectivity index (χ2n) is 7.49. The first-order valence-electron chi connectivity index (χ1n) is 7.82. The van der Waals surface area contributed by atoms with Gasteiger partial charge in [0.25, 0.3) is 0 Å². The molecule has 1 aromatic rings. The predicted molar refractivity (Wildman–Crippen MR) is 80.0 cm³/mol. The molecule has 0 saturated carbocycles. The van der Waals surface area contributed by atoms with E-state index in [1.165, 1.54) is 23.6 Å². The topological polar surface area (TPSA) is 39.1 Å². The lowest BCUT2D eigenvalue weighted by atomic mass is 9.89. The molecule has 4 heteroatoms. The Morgan fingerprint density at radius 1 is 1.35 bits per heavy atom. The monoisotopic (exact) mass is 277 g/mol. The number of hydrogen-bond donors (Lipinski definition) is 1. The molecule has 1 saturated heterocycles. The first kappa shape index (κ1) is 14.1. The maximum atomic E-state index is 5.80. The second kappa shape index (κ2) is 4.85. The summed E-state index contributed by atoms with van der Waals surface area (Å²) in [5.41, 5.74) is 2.81. The van der Waals surface area contributed by atoms with Gasteiger partial charge in [-0.05, 0) is 19.8 Å². The van der Waals surface area contributed by atoms with Crippen molar-refractivity contribution in [3.8, 4) is 0 Å². The van der Waals surface area contributed by atoms with Crippen molar-refractivity contribution in [2.75, 3.05) is 19.8 Å². The van der Waals surface area contributed by atoms with E-state index in [-0.39, 0.29) is 11.0 Å². The summed E-state index contributed by atoms with van der Waals surface area (Å²) in [5, 5.41) is 3.44. The minimum atomic E-state index is 0.0673. The normalized spacial score (nSPS) is 27.4. The Kier molecular flexibility index (Phi) is 3.41. The van der Waals surface area contributed by atoms with Gasteiger partial charge in [0.2, 0.25) is 0 Å². The highest BCUT2D eigenvalue weighted by Gasteiger charge is 2.38. The van der Waals surface area contributed by atoms with Crippen LogP contribution < -0.4 is 5.32 Å². The van der Waals surface area contributed by atoms with Crippen molar-refractivity contribution in [1.82, 2.24) is 14.9 Å². The van der Waals surface area contributed by atoms with Crippen molar-refractivity contribution in [3.05, 3.63) is 17.2 Å². The summed E-state index contributed by atoms with van der Waals surface area (Å²) in [6.07, 6.45) is 3.41. The minimum Gasteiger partial charge on any atom is -0.379 e. The van der Waals surface area contributed by atoms with Crippen molar-refractivity contribution < 1.29 is 4.74 Å². The van der Waals surface area contributed by atoms with Gasteiger partial charge >= 0.3 is 0 Å². The number of ether oxygens (including phenoxy) is 1. The van der Waals surface area contributed by atoms with Gasteiger partial charge in [-0.3, -0.25) is 0 Å². The van der Waals surface area contributed by atoms with Gasteiger partial charge in [0.05, 0.1) is 17.8 Å². The van der Waals surface area contributed by atoms with Crippen molar-refractivity contribution in [1.29, 1.82) is 0 Å². The molecular formula is C16H27N3O. The van der Waals surface area contributed by atoms with E-state index in [0.29, 0.717) is 0 Å². The Morgan fingerprint density at radius 3 is 2.80 bits per heavy atom. The highest BCUT2D eigenvalue weighted by Crippen LogP contribution is 2.36. The maximum absolute atomic E-state index is 5.80. The van der Waals surface area contributed by atoms with Gasteiger partial charge in [-0.15, -0.1) is 0 Å². The van der Waals surface area contributed by atoms with Crippen molar-refractivity contribution in [2.45, 2.75) is 64.5 Å². The molecule has 1 aromatic heterocycles. The summed E-state index contributed by atoms with van der Waals surface area (Å²) < 4.78 is 8.33. The summed E-state index contributed by atoms with van der Waals surface area (Å²) in [6, 6.07) is 0. The molecule has 4 nitrogen and oxygen atoms in total. The summed E-state index contributed by atoms with van der Waals surface area (Å²) in [5.74, 6) is 1.22. The van der Waals surface area contributed by atoms with Gasteiger partial charge in [-0.1, -0.05) is 20.8 Å². The van der Waals surface area contributed by atoms with Crippen LogP contribution in [0.5, 0.6) is 0 Å². The molecular weight excluding hydrogens is 250 g/mol. The van der Waals surface area contributed by atoms with Crippen LogP contribution in [0.4, 0.5) is 0 Å². The van der Waals surface area contributed by atoms with Gasteiger partial charge < -0.3 is 14.6 Å². The lowest BCUT2D eigenvalue weighted by molar-refractivity contribution is 0.00565. The third-order valence-electron chi connectivity index (χ3n) is 4.51. The molecule has 2 aliphatic heterocycles. The van der Waals surface area contributed by atoms with E-state index in [4.69, 9.17) is 9.72 Å². The van der Waals surface area contributed by atoms with Gasteiger partial charge in [-0.2, -0.15) is 0 Å². The van der Waals surface area contributed by atoms with E-state index in [0.717, 1.165) is 39.1 Å². The van der Waals surface area contributed by atoms with Crippen LogP contribution in [0.25, 0.3) is 0 Å². The Hall–Kier alpha value is -0.870. The average molecular weight is 277 g/mol. The molecule has 1 N–H and O–H groups in total. The number of nitrogens with one attached hydrogen (secondary N) is 1. The number of hydrogen-bond acceptors (Lipinski definition) is 3. The molecule has 0 bridgehead atoms. The third-order valence-corrected chi connectivity index (χ3v) is 4.51. The molecule has 3 heterocycles. The van der Waals surface area contributed by atoms with Gasteiger partial charge in [-0.25, -0.2) is 4.98 Å². The zero-order valence-electron chi connectivity index (χ0n) is 13.3. The molecule has 0 spiro atoms. The van der Waals surface area contributed by atoms with Crippen LogP contribution in [0.3, 0.4) is 0 Å². The third kappa shape index (κ3) is 2.29. The molecule has 2 aliphatic rings. The minimum absolute atomic E-state index is 0.0673. The smallest absolute Gasteiger partial charge is 0.115 e. The van der Waals surface area contributed by atoms with Crippen molar-refractivity contribution >= 4 is 0 Å². The van der Waals surface area contributed by atoms with E-state index in [1.807, 2.05) is 0 Å². The molecule has 1 fully saturated rings. The quantitative estimate of drug-likeness (QED) is 0.856. The highest BCUT2D eigenvalue weighted by molar-refractivity contribution is 5.26. The SMILES string of the molecule is CC(C)(C)c1nc2c(n1C1(C)CCCOC1)CCNC2. The molecule has 0 radical (unpaired) electrons. The molecule has 20 heavy (non-hydrogen) atoms. The van der Waals surface area contributed by atoms with Crippen LogP contribution in [0.2, 0.25) is 0 Å². The van der Waals surface area contributed by atoms with Crippen LogP contribution in [0.1, 0.15) is 57.7 Å². The Bertz CT molecular complexity index is 493. The lowest BCUT2D eigenvalue weighted by Gasteiger charge is -2.39. The van der Waals surface area contributed by atoms with E-state index >= 15 is 0 Å². The van der Waals surface area contributed by atoms with Gasteiger partial charge in [0.1, 0.15) is 5.82 Å². The van der Waals surface area contributed by atoms with E-state index in [2.05, 4.69) is 37.6 Å². The fourth-order valence-corrected chi connectivity index (χ4v) is 3.49. The highest BCUT2D eigenvalue weighted by atomic mass is 16.5. The van der Waals surface area contributed by atoms with Crippen LogP contribution in [-0.4, -0.2) is 29.3 Å². The van der Waals surface area contributed by atoms with Crippen LogP contribution in [0.15, 0.2) is 0 Å². The van der Waals surface area contributed by atoms with Crippen LogP contribution >= 0.6 is 0 Å². The fraction of sp³-hybridized carbons (Fsp3) is 0.812. The first-order chi connectivity index (χ1) is 9.42. The van der Waals surface area contributed by atoms with Crippen LogP contribution in [0, 0.1) is 0 Å². The summed E-state index contributed by atoms with van der Waals surface area (Å²) >= 11 is 0. The number of nitrogens with zero attached hydrogens (tertiary/aromatic N) is 2. The molecule has 0 aliphatic carbocycles. The molecule has 0 amide bonds. The number of imidazole rings is 1. The van der Waals surface area contributed by atoms with Crippen LogP contribution in [-0.2, 0) is 28.7 Å². The largest absolute Gasteiger partial charge is 0.379 e. The maximum Gasteiger partial charge on any atom is 0.115 e. The molecule has 1 unspecified atom stereocenters. The zero-order valence-corrected chi connectivity index (χ0v) is 13.3. The Balaban J connectivity index is 2.13. The molecule has 0 aromatic carbocycles. The number of fused-ring (bicyclic) bond motifs is 1. The summed E-state index contributed by atoms with van der Waals surface area (Å²) in [6.45, 7) is 12.8. The Labute approximate surface area is 121 Å². The van der Waals surface area contributed by atoms with Gasteiger partial charge in [0, 0.05) is 37.2 Å². The van der Waals surface area contributed by atoms with Crippen molar-refractivity contribution in [3.63, 3.8) is 0 Å². The van der Waals surface area contributed by atoms with Gasteiger partial charge in [0.15, 0.2) is 0 Å². The van der Waals surface area contributed by atoms with E-state index in [1.54, 1.807) is 0 Å². The standard InChI is InChI=1S/C16H27N3O/c1-15(2,3)14-18-12-10-17-8-6-13(12)19(14)16(4)7-5-9-20-11-16/h17H,5-11H2,1-4H3. The summed E-state index contributed by atoms with van der Waals surface area (Å²) in [7, 11) is 0. The Morgan fingerprint density at radius 2 is 2.15 bits per heavy atom. The second-order valence-corrected chi connectivity index (χ2v) is 7.49. The van der Waals surface area contributed by atoms with Crippen molar-refractivity contribution in [2.24, 2.45) is 0 Å². The number of aromatic nitrogens is 2. The van der Waals surface area contributed by atoms with E-state index < -0.39 is 0 Å².